The van der Waals surface area contributed by atoms with Crippen LogP contribution in [0.5, 0.6) is 0 Å². The monoisotopic (exact) mass is 454 g/mol. The number of ketones is 1. The Labute approximate surface area is 195 Å². The molecule has 1 fully saturated rings. The Morgan fingerprint density at radius 2 is 1.84 bits per heavy atom. The van der Waals surface area contributed by atoms with Crippen LogP contribution in [-0.2, 0) is 11.3 Å². The summed E-state index contributed by atoms with van der Waals surface area (Å²) in [6.07, 6.45) is 7.90. The Bertz CT molecular complexity index is 953. The zero-order valence-corrected chi connectivity index (χ0v) is 20.4. The van der Waals surface area contributed by atoms with Crippen LogP contribution >= 0.6 is 11.8 Å². The number of nitrogens with zero attached hydrogens (tertiary/aromatic N) is 3. The number of nitrogens with one attached hydrogen (secondary N) is 1. The summed E-state index contributed by atoms with van der Waals surface area (Å²) in [5, 5.41) is 12.3. The predicted molar refractivity (Wildman–Crippen MR) is 130 cm³/mol. The third-order valence-electron chi connectivity index (χ3n) is 5.79. The van der Waals surface area contributed by atoms with E-state index in [1.165, 1.54) is 31.0 Å². The first-order valence-electron chi connectivity index (χ1n) is 11.4. The fraction of sp³-hybridized carbons (Fsp3) is 0.520. The molecule has 0 unspecified atom stereocenters. The van der Waals surface area contributed by atoms with Gasteiger partial charge in [-0.25, -0.2) is 0 Å². The van der Waals surface area contributed by atoms with E-state index in [0.717, 1.165) is 23.8 Å². The Hall–Kier alpha value is -2.41. The number of aromatic nitrogens is 3. The molecule has 0 aliphatic heterocycles. The molecule has 0 radical (unpaired) electrons. The summed E-state index contributed by atoms with van der Waals surface area (Å²) >= 11 is 1.44. The minimum absolute atomic E-state index is 0.0241. The first-order valence-corrected chi connectivity index (χ1v) is 12.2. The molecular weight excluding hydrogens is 420 g/mol. The number of anilines is 1. The number of amides is 1. The Balaban J connectivity index is 1.69. The third-order valence-corrected chi connectivity index (χ3v) is 6.87. The maximum absolute atomic E-state index is 13.0. The van der Waals surface area contributed by atoms with Crippen molar-refractivity contribution in [3.8, 4) is 0 Å². The van der Waals surface area contributed by atoms with Crippen LogP contribution in [0.4, 0.5) is 5.69 Å². The summed E-state index contributed by atoms with van der Waals surface area (Å²) < 4.78 is 2.11. The lowest BCUT2D eigenvalue weighted by Crippen LogP contribution is -2.27. The lowest BCUT2D eigenvalue weighted by molar-refractivity contribution is -0.123. The van der Waals surface area contributed by atoms with Gasteiger partial charge >= 0.3 is 0 Å². The summed E-state index contributed by atoms with van der Waals surface area (Å²) in [5.41, 5.74) is 0.822. The number of benzene rings is 1. The minimum Gasteiger partial charge on any atom is -0.326 e. The Morgan fingerprint density at radius 3 is 2.44 bits per heavy atom. The number of hydrogen-bond acceptors (Lipinski definition) is 5. The number of rotatable bonds is 8. The summed E-state index contributed by atoms with van der Waals surface area (Å²) in [6, 6.07) is 7.07. The average molecular weight is 455 g/mol. The van der Waals surface area contributed by atoms with E-state index < -0.39 is 5.41 Å². The van der Waals surface area contributed by atoms with E-state index in [1.54, 1.807) is 24.3 Å². The maximum Gasteiger partial charge on any atom is 0.229 e. The van der Waals surface area contributed by atoms with E-state index in [4.69, 9.17) is 0 Å². The average Bonchev–Trinajstić information content (AvgIpc) is 3.16. The lowest BCUT2D eigenvalue weighted by atomic mass is 9.89. The van der Waals surface area contributed by atoms with Crippen LogP contribution in [0.2, 0.25) is 0 Å². The molecule has 1 aromatic heterocycles. The fourth-order valence-corrected chi connectivity index (χ4v) is 4.78. The van der Waals surface area contributed by atoms with Gasteiger partial charge in [0.05, 0.1) is 5.25 Å². The van der Waals surface area contributed by atoms with Gasteiger partial charge in [-0.05, 0) is 44.0 Å². The van der Waals surface area contributed by atoms with E-state index in [-0.39, 0.29) is 16.9 Å². The van der Waals surface area contributed by atoms with Crippen molar-refractivity contribution in [3.63, 3.8) is 0 Å². The second-order valence-electron chi connectivity index (χ2n) is 9.48. The number of thioether (sulfide) groups is 1. The first kappa shape index (κ1) is 24.2. The van der Waals surface area contributed by atoms with Gasteiger partial charge in [0.2, 0.25) is 5.91 Å². The largest absolute Gasteiger partial charge is 0.326 e. The summed E-state index contributed by atoms with van der Waals surface area (Å²) in [7, 11) is 0. The molecule has 2 aromatic rings. The van der Waals surface area contributed by atoms with Gasteiger partial charge in [-0.15, -0.1) is 16.8 Å². The van der Waals surface area contributed by atoms with Crippen molar-refractivity contribution in [1.29, 1.82) is 0 Å². The zero-order valence-electron chi connectivity index (χ0n) is 19.6. The third kappa shape index (κ3) is 5.88. The SMILES string of the molecule is C=CCn1c(S[C@@H](C)C(=O)c2ccc(NC(=O)C(C)(C)C)cc2)nnc1C1CCCCC1. The van der Waals surface area contributed by atoms with Gasteiger partial charge in [0.15, 0.2) is 10.9 Å². The molecular formula is C25H34N4O2S. The second-order valence-corrected chi connectivity index (χ2v) is 10.8. The smallest absolute Gasteiger partial charge is 0.229 e. The highest BCUT2D eigenvalue weighted by Crippen LogP contribution is 2.34. The highest BCUT2D eigenvalue weighted by molar-refractivity contribution is 8.00. The molecule has 0 bridgehead atoms. The molecule has 7 heteroatoms. The molecule has 0 spiro atoms. The Kier molecular flexibility index (Phi) is 7.93. The molecule has 1 atom stereocenters. The number of allylic oxidation sites excluding steroid dienone is 1. The second kappa shape index (κ2) is 10.5. The van der Waals surface area contributed by atoms with Crippen molar-refractivity contribution >= 4 is 29.1 Å². The van der Waals surface area contributed by atoms with Crippen LogP contribution in [0, 0.1) is 5.41 Å². The van der Waals surface area contributed by atoms with Gasteiger partial charge in [0, 0.05) is 29.1 Å². The summed E-state index contributed by atoms with van der Waals surface area (Å²) in [5.74, 6) is 1.42. The van der Waals surface area contributed by atoms with Crippen molar-refractivity contribution < 1.29 is 9.59 Å². The van der Waals surface area contributed by atoms with Crippen LogP contribution < -0.4 is 5.32 Å². The molecule has 1 aromatic carbocycles. The van der Waals surface area contributed by atoms with E-state index in [9.17, 15) is 9.59 Å². The van der Waals surface area contributed by atoms with Crippen LogP contribution in [0.1, 0.15) is 81.9 Å². The molecule has 0 saturated heterocycles. The molecule has 6 nitrogen and oxygen atoms in total. The van der Waals surface area contributed by atoms with Gasteiger partial charge < -0.3 is 9.88 Å². The van der Waals surface area contributed by atoms with Crippen LogP contribution in [0.25, 0.3) is 0 Å². The highest BCUT2D eigenvalue weighted by Gasteiger charge is 2.26. The van der Waals surface area contributed by atoms with Crippen LogP contribution in [-0.4, -0.2) is 31.7 Å². The predicted octanol–water partition coefficient (Wildman–Crippen LogP) is 5.86. The topological polar surface area (TPSA) is 76.9 Å². The van der Waals surface area contributed by atoms with Gasteiger partial charge in [-0.1, -0.05) is 57.9 Å². The van der Waals surface area contributed by atoms with Crippen molar-refractivity contribution in [2.45, 2.75) is 82.7 Å². The van der Waals surface area contributed by atoms with E-state index in [0.29, 0.717) is 23.7 Å². The molecule has 172 valence electrons. The van der Waals surface area contributed by atoms with E-state index >= 15 is 0 Å². The summed E-state index contributed by atoms with van der Waals surface area (Å²) in [4.78, 5) is 25.2. The van der Waals surface area contributed by atoms with E-state index in [2.05, 4.69) is 26.7 Å². The number of Topliss-reactive ketones (excluding diaryl/α,β-unsaturated/α-hetero) is 1. The summed E-state index contributed by atoms with van der Waals surface area (Å²) in [6.45, 7) is 12.0. The molecule has 1 heterocycles. The van der Waals surface area contributed by atoms with Gasteiger partial charge in [0.25, 0.3) is 0 Å². The zero-order chi connectivity index (χ0) is 23.3. The number of hydrogen-bond donors (Lipinski definition) is 1. The van der Waals surface area contributed by atoms with Gasteiger partial charge in [-0.3, -0.25) is 9.59 Å². The van der Waals surface area contributed by atoms with Crippen molar-refractivity contribution in [1.82, 2.24) is 14.8 Å². The molecule has 1 N–H and O–H groups in total. The minimum atomic E-state index is -0.475. The standard InChI is InChI=1S/C25H34N4O2S/c1-6-16-29-22(19-10-8-7-9-11-19)27-28-24(29)32-17(2)21(30)18-12-14-20(15-13-18)26-23(31)25(3,4)5/h6,12-15,17,19H,1,7-11,16H2,2-5H3,(H,26,31)/t17-/m0/s1. The maximum atomic E-state index is 13.0. The highest BCUT2D eigenvalue weighted by atomic mass is 32.2. The number of carbonyl (C=O) groups excluding carboxylic acids is 2. The van der Waals surface area contributed by atoms with Crippen molar-refractivity contribution in [3.05, 3.63) is 48.3 Å². The fourth-order valence-electron chi connectivity index (χ4n) is 3.83. The van der Waals surface area contributed by atoms with E-state index in [1.807, 2.05) is 33.8 Å². The Morgan fingerprint density at radius 1 is 1.19 bits per heavy atom. The van der Waals surface area contributed by atoms with Crippen molar-refractivity contribution in [2.75, 3.05) is 5.32 Å². The molecule has 1 aliphatic rings. The molecule has 32 heavy (non-hydrogen) atoms. The van der Waals surface area contributed by atoms with Crippen molar-refractivity contribution in [2.24, 2.45) is 5.41 Å². The normalized spacial score (nSPS) is 15.9. The first-order chi connectivity index (χ1) is 15.2. The quantitative estimate of drug-likeness (QED) is 0.307. The molecule has 1 aliphatic carbocycles. The molecule has 3 rings (SSSR count). The van der Waals surface area contributed by atoms with Crippen LogP contribution in [0.3, 0.4) is 0 Å². The van der Waals surface area contributed by atoms with Gasteiger partial charge in [-0.2, -0.15) is 0 Å². The van der Waals surface area contributed by atoms with Gasteiger partial charge in [0.1, 0.15) is 5.82 Å². The van der Waals surface area contributed by atoms with Crippen LogP contribution in [0.15, 0.2) is 42.1 Å². The molecule has 1 amide bonds. The molecule has 1 saturated carbocycles. The lowest BCUT2D eigenvalue weighted by Gasteiger charge is -2.21. The number of carbonyl (C=O) groups is 2.